The summed E-state index contributed by atoms with van der Waals surface area (Å²) in [5, 5.41) is 7.36. The predicted octanol–water partition coefficient (Wildman–Crippen LogP) is 6.17. The van der Waals surface area contributed by atoms with Gasteiger partial charge in [0.05, 0.1) is 11.7 Å². The lowest BCUT2D eigenvalue weighted by molar-refractivity contribution is 0.102. The number of fused-ring (bicyclic) bond motifs is 1. The molecule has 1 atom stereocenters. The van der Waals surface area contributed by atoms with Crippen molar-refractivity contribution in [2.75, 3.05) is 10.6 Å². The van der Waals surface area contributed by atoms with Crippen LogP contribution < -0.4 is 10.6 Å². The first-order valence-corrected chi connectivity index (χ1v) is 11.3. The number of aromatic amines is 1. The number of nitrogens with zero attached hydrogens (tertiary/aromatic N) is 2. The summed E-state index contributed by atoms with van der Waals surface area (Å²) in [5.74, 6) is -0.0864. The summed E-state index contributed by atoms with van der Waals surface area (Å²) in [7, 11) is 0. The lowest BCUT2D eigenvalue weighted by Crippen LogP contribution is -2.15. The van der Waals surface area contributed by atoms with Crippen molar-refractivity contribution in [1.82, 2.24) is 15.0 Å². The molecule has 0 saturated carbocycles. The fourth-order valence-electron chi connectivity index (χ4n) is 4.23. The number of halogens is 1. The minimum absolute atomic E-state index is 0.258. The Balaban J connectivity index is 1.56. The number of nitrogens with one attached hydrogen (secondary N) is 3. The minimum Gasteiger partial charge on any atom is -0.358 e. The van der Waals surface area contributed by atoms with E-state index in [1.807, 2.05) is 62.4 Å². The van der Waals surface area contributed by atoms with Crippen LogP contribution in [0.5, 0.6) is 0 Å². The smallest absolute Gasteiger partial charge is 0.255 e. The topological polar surface area (TPSA) is 82.7 Å². The maximum atomic E-state index is 13.6. The number of amides is 1. The molecule has 5 rings (SSSR count). The summed E-state index contributed by atoms with van der Waals surface area (Å²) in [6.07, 6.45) is 3.54. The van der Waals surface area contributed by atoms with Gasteiger partial charge in [0.1, 0.15) is 11.6 Å². The van der Waals surface area contributed by atoms with Crippen LogP contribution in [0.4, 0.5) is 15.9 Å². The monoisotopic (exact) mass is 465 g/mol. The van der Waals surface area contributed by atoms with Crippen LogP contribution in [0.3, 0.4) is 0 Å². The van der Waals surface area contributed by atoms with Gasteiger partial charge in [0.15, 0.2) is 0 Å². The normalized spacial score (nSPS) is 11.9. The molecule has 6 nitrogen and oxygen atoms in total. The molecular weight excluding hydrogens is 441 g/mol. The molecule has 3 N–H and O–H groups in total. The summed E-state index contributed by atoms with van der Waals surface area (Å²) in [4.78, 5) is 25.2. The van der Waals surface area contributed by atoms with Crippen molar-refractivity contribution in [1.29, 1.82) is 0 Å². The number of aromatic nitrogens is 3. The number of hydrogen-bond donors (Lipinski definition) is 3. The van der Waals surface area contributed by atoms with Gasteiger partial charge in [-0.1, -0.05) is 12.1 Å². The van der Waals surface area contributed by atoms with Gasteiger partial charge >= 0.3 is 0 Å². The van der Waals surface area contributed by atoms with Crippen molar-refractivity contribution in [3.8, 4) is 0 Å². The first kappa shape index (κ1) is 22.3. The van der Waals surface area contributed by atoms with Gasteiger partial charge < -0.3 is 15.6 Å². The second kappa shape index (κ2) is 9.38. The third kappa shape index (κ3) is 4.75. The molecule has 0 aliphatic rings. The van der Waals surface area contributed by atoms with E-state index in [1.165, 1.54) is 18.2 Å². The van der Waals surface area contributed by atoms with Crippen LogP contribution in [0.15, 0.2) is 85.2 Å². The molecule has 0 saturated heterocycles. The lowest BCUT2D eigenvalue weighted by Gasteiger charge is -2.20. The number of benzene rings is 2. The molecule has 174 valence electrons. The fourth-order valence-corrected chi connectivity index (χ4v) is 4.23. The van der Waals surface area contributed by atoms with E-state index in [-0.39, 0.29) is 17.5 Å². The molecule has 35 heavy (non-hydrogen) atoms. The Hall–Kier alpha value is -4.52. The second-order valence-electron chi connectivity index (χ2n) is 8.44. The average molecular weight is 466 g/mol. The zero-order valence-electron chi connectivity index (χ0n) is 19.3. The molecule has 0 unspecified atom stereocenters. The predicted molar refractivity (Wildman–Crippen MR) is 136 cm³/mol. The van der Waals surface area contributed by atoms with Gasteiger partial charge in [-0.3, -0.25) is 9.78 Å². The molecule has 5 aromatic rings. The van der Waals surface area contributed by atoms with Gasteiger partial charge in [0.25, 0.3) is 5.91 Å². The number of hydrogen-bond acceptors (Lipinski definition) is 4. The maximum absolute atomic E-state index is 13.6. The van der Waals surface area contributed by atoms with Gasteiger partial charge in [-0.25, -0.2) is 9.37 Å². The molecule has 0 aliphatic carbocycles. The van der Waals surface area contributed by atoms with Crippen molar-refractivity contribution in [3.05, 3.63) is 119 Å². The zero-order chi connectivity index (χ0) is 24.4. The Labute approximate surface area is 202 Å². The van der Waals surface area contributed by atoms with Gasteiger partial charge in [0, 0.05) is 45.8 Å². The van der Waals surface area contributed by atoms with Crippen molar-refractivity contribution in [3.63, 3.8) is 0 Å². The average Bonchev–Trinajstić information content (AvgIpc) is 3.18. The molecule has 7 heteroatoms. The summed E-state index contributed by atoms with van der Waals surface area (Å²) in [6, 6.07) is 20.8. The summed E-state index contributed by atoms with van der Waals surface area (Å²) in [5.41, 5.74) is 5.72. The van der Waals surface area contributed by atoms with Crippen molar-refractivity contribution in [2.45, 2.75) is 19.9 Å². The van der Waals surface area contributed by atoms with Gasteiger partial charge in [-0.15, -0.1) is 0 Å². The van der Waals surface area contributed by atoms with E-state index < -0.39 is 5.82 Å². The van der Waals surface area contributed by atoms with E-state index in [4.69, 9.17) is 0 Å². The minimum atomic E-state index is -0.453. The molecule has 0 radical (unpaired) electrons. The highest BCUT2D eigenvalue weighted by Gasteiger charge is 2.23. The van der Waals surface area contributed by atoms with Crippen LogP contribution in [0, 0.1) is 19.7 Å². The third-order valence-electron chi connectivity index (χ3n) is 5.86. The molecule has 0 aliphatic heterocycles. The number of carbonyl (C=O) groups excluding carboxylic acids is 1. The fraction of sp³-hybridized carbons (Fsp3) is 0.107. The zero-order valence-corrected chi connectivity index (χ0v) is 19.3. The molecular formula is C28H24FN5O. The highest BCUT2D eigenvalue weighted by molar-refractivity contribution is 6.05. The van der Waals surface area contributed by atoms with Gasteiger partial charge in [-0.2, -0.15) is 0 Å². The Kier molecular flexibility index (Phi) is 5.97. The second-order valence-corrected chi connectivity index (χ2v) is 8.44. The molecule has 3 aromatic heterocycles. The summed E-state index contributed by atoms with van der Waals surface area (Å²) >= 11 is 0. The Bertz CT molecular complexity index is 1510. The molecule has 0 fully saturated rings. The number of carbonyl (C=O) groups is 1. The first-order chi connectivity index (χ1) is 17.0. The highest BCUT2D eigenvalue weighted by atomic mass is 19.1. The molecule has 3 heterocycles. The van der Waals surface area contributed by atoms with Crippen molar-refractivity contribution >= 4 is 28.3 Å². The van der Waals surface area contributed by atoms with Crippen LogP contribution in [-0.4, -0.2) is 20.9 Å². The number of rotatable bonds is 6. The molecule has 0 spiro atoms. The SMILES string of the molecule is Cc1ccnc(N[C@H](c2ccccn2)c2c(C)[nH]c3ccc(NC(=O)c4cccc(F)c4)cc23)c1. The van der Waals surface area contributed by atoms with Crippen LogP contribution >= 0.6 is 0 Å². The molecule has 0 bridgehead atoms. The van der Waals surface area contributed by atoms with E-state index >= 15 is 0 Å². The Morgan fingerprint density at radius 2 is 1.83 bits per heavy atom. The number of anilines is 2. The van der Waals surface area contributed by atoms with Crippen molar-refractivity contribution < 1.29 is 9.18 Å². The van der Waals surface area contributed by atoms with E-state index in [1.54, 1.807) is 18.5 Å². The number of aryl methyl sites for hydroxylation is 2. The van der Waals surface area contributed by atoms with E-state index in [2.05, 4.69) is 25.6 Å². The first-order valence-electron chi connectivity index (χ1n) is 11.3. The standard InChI is InChI=1S/C28H24FN5O/c1-17-11-13-31-25(14-17)34-27(24-8-3-4-12-30-24)26-18(2)32-23-10-9-21(16-22(23)26)33-28(35)19-6-5-7-20(29)15-19/h3-16,27,32H,1-2H3,(H,31,34)(H,33,35)/t27-/m1/s1. The Morgan fingerprint density at radius 1 is 0.943 bits per heavy atom. The van der Waals surface area contributed by atoms with Crippen LogP contribution in [0.25, 0.3) is 10.9 Å². The quantitative estimate of drug-likeness (QED) is 0.280. The van der Waals surface area contributed by atoms with Crippen molar-refractivity contribution in [2.24, 2.45) is 0 Å². The number of H-pyrrole nitrogens is 1. The Morgan fingerprint density at radius 3 is 2.60 bits per heavy atom. The molecule has 2 aromatic carbocycles. The van der Waals surface area contributed by atoms with Crippen LogP contribution in [0.2, 0.25) is 0 Å². The highest BCUT2D eigenvalue weighted by Crippen LogP contribution is 2.35. The summed E-state index contributed by atoms with van der Waals surface area (Å²) < 4.78 is 13.6. The third-order valence-corrected chi connectivity index (χ3v) is 5.86. The molecule has 1 amide bonds. The number of pyridine rings is 2. The lowest BCUT2D eigenvalue weighted by atomic mass is 9.99. The largest absolute Gasteiger partial charge is 0.358 e. The van der Waals surface area contributed by atoms with E-state index in [0.717, 1.165) is 39.2 Å². The maximum Gasteiger partial charge on any atom is 0.255 e. The van der Waals surface area contributed by atoms with Gasteiger partial charge in [0.2, 0.25) is 0 Å². The summed E-state index contributed by atoms with van der Waals surface area (Å²) in [6.45, 7) is 4.04. The van der Waals surface area contributed by atoms with E-state index in [0.29, 0.717) is 5.69 Å². The van der Waals surface area contributed by atoms with Crippen LogP contribution in [-0.2, 0) is 0 Å². The van der Waals surface area contributed by atoms with Gasteiger partial charge in [-0.05, 0) is 80.1 Å². The van der Waals surface area contributed by atoms with E-state index in [9.17, 15) is 9.18 Å². The van der Waals surface area contributed by atoms with Crippen LogP contribution in [0.1, 0.15) is 38.9 Å².